The van der Waals surface area contributed by atoms with Gasteiger partial charge in [-0.2, -0.15) is 4.80 Å². The molecule has 2 N–H and O–H groups in total. The van der Waals surface area contributed by atoms with Crippen LogP contribution in [0.15, 0.2) is 30.3 Å². The van der Waals surface area contributed by atoms with Gasteiger partial charge in [0.1, 0.15) is 6.54 Å². The molecule has 7 nitrogen and oxygen atoms in total. The molecule has 0 aliphatic heterocycles. The van der Waals surface area contributed by atoms with E-state index in [9.17, 15) is 4.79 Å². The highest BCUT2D eigenvalue weighted by Crippen LogP contribution is 2.11. The number of carbonyl (C=O) groups excluding carboxylic acids is 1. The number of likely N-dealkylation sites (N-methyl/N-ethyl adjacent to an activating group) is 1. The number of rotatable bonds is 5. The maximum atomic E-state index is 12.0. The summed E-state index contributed by atoms with van der Waals surface area (Å²) in [6.45, 7) is 2.37. The summed E-state index contributed by atoms with van der Waals surface area (Å²) in [5, 5.41) is 12.1. The molecule has 0 radical (unpaired) electrons. The Bertz CT molecular complexity index is 573. The minimum Gasteiger partial charge on any atom is -0.340 e. The Morgan fingerprint density at radius 1 is 1.38 bits per heavy atom. The number of carbonyl (C=O) groups is 1. The monoisotopic (exact) mass is 310 g/mol. The second-order valence-corrected chi connectivity index (χ2v) is 4.60. The van der Waals surface area contributed by atoms with Crippen LogP contribution in [-0.4, -0.2) is 50.6 Å². The Morgan fingerprint density at radius 2 is 2.05 bits per heavy atom. The molecule has 0 aliphatic carbocycles. The van der Waals surface area contributed by atoms with Gasteiger partial charge < -0.3 is 10.6 Å². The zero-order chi connectivity index (χ0) is 14.5. The van der Waals surface area contributed by atoms with Gasteiger partial charge in [0.05, 0.1) is 0 Å². The minimum absolute atomic E-state index is 0. The Balaban J connectivity index is 0.00000220. The third-order valence-electron chi connectivity index (χ3n) is 3.16. The summed E-state index contributed by atoms with van der Waals surface area (Å²) in [5.74, 6) is 0.410. The first-order valence-electron chi connectivity index (χ1n) is 6.40. The molecule has 0 fully saturated rings. The van der Waals surface area contributed by atoms with Crippen molar-refractivity contribution in [3.8, 4) is 11.4 Å². The predicted octanol–water partition coefficient (Wildman–Crippen LogP) is 0.568. The van der Waals surface area contributed by atoms with Crippen molar-refractivity contribution >= 4 is 18.3 Å². The molecule has 2 rings (SSSR count). The predicted molar refractivity (Wildman–Crippen MR) is 81.8 cm³/mol. The molecule has 0 bridgehead atoms. The summed E-state index contributed by atoms with van der Waals surface area (Å²) in [5.41, 5.74) is 6.41. The molecule has 1 atom stereocenters. The number of tetrazole rings is 1. The Kier molecular flexibility index (Phi) is 6.26. The summed E-state index contributed by atoms with van der Waals surface area (Å²) in [4.78, 5) is 14.9. The van der Waals surface area contributed by atoms with E-state index >= 15 is 0 Å². The van der Waals surface area contributed by atoms with Gasteiger partial charge in [0.2, 0.25) is 11.7 Å². The second kappa shape index (κ2) is 7.70. The van der Waals surface area contributed by atoms with Crippen molar-refractivity contribution < 1.29 is 4.79 Å². The summed E-state index contributed by atoms with van der Waals surface area (Å²) < 4.78 is 0. The van der Waals surface area contributed by atoms with Crippen molar-refractivity contribution in [2.24, 2.45) is 5.73 Å². The van der Waals surface area contributed by atoms with Crippen molar-refractivity contribution in [3.63, 3.8) is 0 Å². The van der Waals surface area contributed by atoms with Crippen LogP contribution in [-0.2, 0) is 11.3 Å². The SMILES string of the molecule is CC(CN)N(C)C(=O)Cn1nnc(-c2ccccc2)n1.Cl. The van der Waals surface area contributed by atoms with E-state index in [2.05, 4.69) is 15.4 Å². The fourth-order valence-electron chi connectivity index (χ4n) is 1.65. The van der Waals surface area contributed by atoms with Crippen molar-refractivity contribution in [1.82, 2.24) is 25.1 Å². The van der Waals surface area contributed by atoms with Crippen LogP contribution in [0.5, 0.6) is 0 Å². The van der Waals surface area contributed by atoms with Crippen LogP contribution in [0, 0.1) is 0 Å². The van der Waals surface area contributed by atoms with Gasteiger partial charge in [-0.3, -0.25) is 4.79 Å². The molecule has 1 aromatic carbocycles. The molecule has 114 valence electrons. The van der Waals surface area contributed by atoms with Crippen LogP contribution >= 0.6 is 12.4 Å². The van der Waals surface area contributed by atoms with E-state index in [4.69, 9.17) is 5.73 Å². The van der Waals surface area contributed by atoms with E-state index in [0.29, 0.717) is 12.4 Å². The van der Waals surface area contributed by atoms with Gasteiger partial charge in [0, 0.05) is 25.2 Å². The molecule has 2 aromatic rings. The molecule has 1 heterocycles. The molecule has 1 unspecified atom stereocenters. The summed E-state index contributed by atoms with van der Waals surface area (Å²) in [6, 6.07) is 9.49. The average molecular weight is 311 g/mol. The molecule has 1 aromatic heterocycles. The lowest BCUT2D eigenvalue weighted by atomic mass is 10.2. The number of halogens is 1. The molecular formula is C13H19ClN6O. The summed E-state index contributed by atoms with van der Waals surface area (Å²) >= 11 is 0. The number of nitrogens with zero attached hydrogens (tertiary/aromatic N) is 5. The number of aromatic nitrogens is 4. The van der Waals surface area contributed by atoms with Crippen LogP contribution in [0.4, 0.5) is 0 Å². The zero-order valence-electron chi connectivity index (χ0n) is 12.0. The van der Waals surface area contributed by atoms with E-state index in [-0.39, 0.29) is 30.9 Å². The van der Waals surface area contributed by atoms with Gasteiger partial charge in [0.15, 0.2) is 0 Å². The first kappa shape index (κ1) is 17.1. The van der Waals surface area contributed by atoms with Crippen LogP contribution in [0.2, 0.25) is 0 Å². The first-order chi connectivity index (χ1) is 9.61. The molecule has 21 heavy (non-hydrogen) atoms. The lowest BCUT2D eigenvalue weighted by molar-refractivity contribution is -0.132. The smallest absolute Gasteiger partial charge is 0.246 e. The molecule has 1 amide bonds. The molecular weight excluding hydrogens is 292 g/mol. The molecule has 0 spiro atoms. The highest BCUT2D eigenvalue weighted by atomic mass is 35.5. The maximum absolute atomic E-state index is 12.0. The lowest BCUT2D eigenvalue weighted by Gasteiger charge is -2.23. The largest absolute Gasteiger partial charge is 0.340 e. The highest BCUT2D eigenvalue weighted by Gasteiger charge is 2.16. The Morgan fingerprint density at radius 3 is 2.67 bits per heavy atom. The fourth-order valence-corrected chi connectivity index (χ4v) is 1.65. The number of hydrogen-bond acceptors (Lipinski definition) is 5. The molecule has 0 saturated carbocycles. The van der Waals surface area contributed by atoms with E-state index in [0.717, 1.165) is 5.56 Å². The van der Waals surface area contributed by atoms with Crippen LogP contribution in [0.3, 0.4) is 0 Å². The first-order valence-corrected chi connectivity index (χ1v) is 6.40. The van der Waals surface area contributed by atoms with Crippen molar-refractivity contribution in [3.05, 3.63) is 30.3 Å². The third kappa shape index (κ3) is 4.24. The lowest BCUT2D eigenvalue weighted by Crippen LogP contribution is -2.41. The zero-order valence-corrected chi connectivity index (χ0v) is 12.8. The van der Waals surface area contributed by atoms with E-state index < -0.39 is 0 Å². The van der Waals surface area contributed by atoms with Gasteiger partial charge in [-0.25, -0.2) is 0 Å². The van der Waals surface area contributed by atoms with E-state index in [1.54, 1.807) is 11.9 Å². The van der Waals surface area contributed by atoms with Crippen molar-refractivity contribution in [2.75, 3.05) is 13.6 Å². The van der Waals surface area contributed by atoms with E-state index in [1.807, 2.05) is 37.3 Å². The standard InChI is InChI=1S/C13H18N6O.ClH/c1-10(8-14)18(2)12(20)9-19-16-13(15-17-19)11-6-4-3-5-7-11;/h3-7,10H,8-9,14H2,1-2H3;1H. The van der Waals surface area contributed by atoms with Gasteiger partial charge >= 0.3 is 0 Å². The Hall–Kier alpha value is -1.99. The average Bonchev–Trinajstić information content (AvgIpc) is 2.95. The van der Waals surface area contributed by atoms with Gasteiger partial charge in [0.25, 0.3) is 0 Å². The second-order valence-electron chi connectivity index (χ2n) is 4.60. The van der Waals surface area contributed by atoms with Crippen LogP contribution in [0.25, 0.3) is 11.4 Å². The van der Waals surface area contributed by atoms with Crippen LogP contribution in [0.1, 0.15) is 6.92 Å². The molecule has 8 heteroatoms. The van der Waals surface area contributed by atoms with Crippen molar-refractivity contribution in [2.45, 2.75) is 19.5 Å². The Labute approximate surface area is 129 Å². The number of amides is 1. The minimum atomic E-state index is -0.0973. The number of benzene rings is 1. The van der Waals surface area contributed by atoms with Crippen molar-refractivity contribution in [1.29, 1.82) is 0 Å². The van der Waals surface area contributed by atoms with E-state index in [1.165, 1.54) is 4.80 Å². The number of nitrogens with two attached hydrogens (primary N) is 1. The fraction of sp³-hybridized carbons (Fsp3) is 0.385. The van der Waals surface area contributed by atoms with Gasteiger partial charge in [-0.15, -0.1) is 22.6 Å². The third-order valence-corrected chi connectivity index (χ3v) is 3.16. The normalized spacial score (nSPS) is 11.6. The summed E-state index contributed by atoms with van der Waals surface area (Å²) in [6.07, 6.45) is 0. The molecule has 0 aliphatic rings. The quantitative estimate of drug-likeness (QED) is 0.872. The topological polar surface area (TPSA) is 89.9 Å². The van der Waals surface area contributed by atoms with Crippen LogP contribution < -0.4 is 5.73 Å². The maximum Gasteiger partial charge on any atom is 0.246 e. The number of hydrogen-bond donors (Lipinski definition) is 1. The van der Waals surface area contributed by atoms with Gasteiger partial charge in [-0.1, -0.05) is 30.3 Å². The molecule has 0 saturated heterocycles. The highest BCUT2D eigenvalue weighted by molar-refractivity contribution is 5.85. The van der Waals surface area contributed by atoms with Gasteiger partial charge in [-0.05, 0) is 12.1 Å². The summed E-state index contributed by atoms with van der Waals surface area (Å²) in [7, 11) is 1.72.